The molecule has 3 heterocycles. The predicted octanol–water partition coefficient (Wildman–Crippen LogP) is 4.12. The first-order chi connectivity index (χ1) is 16.2. The quantitative estimate of drug-likeness (QED) is 0.682. The zero-order valence-electron chi connectivity index (χ0n) is 19.7. The number of hydrogen-bond acceptors (Lipinski definition) is 7. The van der Waals surface area contributed by atoms with E-state index in [1.807, 2.05) is 13.8 Å². The summed E-state index contributed by atoms with van der Waals surface area (Å²) in [7, 11) is 0. The van der Waals surface area contributed by atoms with Gasteiger partial charge in [0.15, 0.2) is 11.2 Å². The SMILES string of the molecule is CC1=C(C(=O)OC[C@H]2CCCO2)[C@@H](c2coc3ccccc3c2=O)C2=C(CC(C)(C)CC2=O)N1. The van der Waals surface area contributed by atoms with Gasteiger partial charge in [-0.15, -0.1) is 0 Å². The second-order valence-electron chi connectivity index (χ2n) is 10.2. The summed E-state index contributed by atoms with van der Waals surface area (Å²) in [5.74, 6) is -1.48. The molecule has 1 saturated heterocycles. The number of dihydropyridines is 1. The van der Waals surface area contributed by atoms with Crippen LogP contribution >= 0.6 is 0 Å². The van der Waals surface area contributed by atoms with E-state index in [9.17, 15) is 14.4 Å². The van der Waals surface area contributed by atoms with E-state index in [0.29, 0.717) is 41.7 Å². The van der Waals surface area contributed by atoms with Crippen molar-refractivity contribution in [2.75, 3.05) is 13.2 Å². The van der Waals surface area contributed by atoms with Gasteiger partial charge in [0.2, 0.25) is 0 Å². The smallest absolute Gasteiger partial charge is 0.336 e. The number of para-hydroxylation sites is 1. The summed E-state index contributed by atoms with van der Waals surface area (Å²) in [5.41, 5.74) is 2.31. The van der Waals surface area contributed by atoms with Gasteiger partial charge >= 0.3 is 5.97 Å². The van der Waals surface area contributed by atoms with Crippen molar-refractivity contribution in [2.24, 2.45) is 5.41 Å². The molecule has 1 aromatic heterocycles. The molecule has 7 heteroatoms. The average molecular weight is 464 g/mol. The lowest BCUT2D eigenvalue weighted by molar-refractivity contribution is -0.142. The van der Waals surface area contributed by atoms with Crippen LogP contribution in [-0.4, -0.2) is 31.1 Å². The van der Waals surface area contributed by atoms with Crippen molar-refractivity contribution in [1.29, 1.82) is 0 Å². The number of fused-ring (bicyclic) bond motifs is 1. The Bertz CT molecular complexity index is 1290. The van der Waals surface area contributed by atoms with Crippen LogP contribution in [-0.2, 0) is 19.1 Å². The van der Waals surface area contributed by atoms with E-state index in [0.717, 1.165) is 18.5 Å². The minimum absolute atomic E-state index is 0.0757. The largest absolute Gasteiger partial charge is 0.464 e. The number of benzene rings is 1. The zero-order chi connectivity index (χ0) is 24.0. The van der Waals surface area contributed by atoms with Crippen LogP contribution in [0.1, 0.15) is 57.9 Å². The highest BCUT2D eigenvalue weighted by atomic mass is 16.6. The maximum atomic E-state index is 13.6. The van der Waals surface area contributed by atoms with Crippen LogP contribution in [0.25, 0.3) is 11.0 Å². The molecule has 0 spiro atoms. The van der Waals surface area contributed by atoms with Gasteiger partial charge in [0.1, 0.15) is 12.2 Å². The summed E-state index contributed by atoms with van der Waals surface area (Å²) in [6.07, 6.45) is 4.01. The number of Topliss-reactive ketones (excluding diaryl/α,β-unsaturated/α-hetero) is 1. The Balaban J connectivity index is 1.62. The second kappa shape index (κ2) is 8.55. The Morgan fingerprint density at radius 2 is 2.00 bits per heavy atom. The van der Waals surface area contributed by atoms with E-state index >= 15 is 0 Å². The van der Waals surface area contributed by atoms with Crippen molar-refractivity contribution in [3.05, 3.63) is 68.9 Å². The first-order valence-corrected chi connectivity index (χ1v) is 11.8. The molecule has 34 heavy (non-hydrogen) atoms. The monoisotopic (exact) mass is 463 g/mol. The summed E-state index contributed by atoms with van der Waals surface area (Å²) >= 11 is 0. The van der Waals surface area contributed by atoms with Crippen LogP contribution in [0.4, 0.5) is 0 Å². The van der Waals surface area contributed by atoms with Crippen molar-refractivity contribution < 1.29 is 23.5 Å². The summed E-state index contributed by atoms with van der Waals surface area (Å²) in [6.45, 7) is 6.67. The van der Waals surface area contributed by atoms with Gasteiger partial charge in [0.05, 0.1) is 29.2 Å². The average Bonchev–Trinajstić information content (AvgIpc) is 3.30. The molecule has 0 saturated carbocycles. The molecule has 1 fully saturated rings. The van der Waals surface area contributed by atoms with Crippen molar-refractivity contribution in [3.63, 3.8) is 0 Å². The van der Waals surface area contributed by atoms with Crippen molar-refractivity contribution in [2.45, 2.75) is 58.5 Å². The number of allylic oxidation sites excluding steroid dienone is 3. The van der Waals surface area contributed by atoms with E-state index in [-0.39, 0.29) is 40.5 Å². The first-order valence-electron chi connectivity index (χ1n) is 11.8. The lowest BCUT2D eigenvalue weighted by Crippen LogP contribution is -2.40. The number of hydrogen-bond donors (Lipinski definition) is 1. The fourth-order valence-electron chi connectivity index (χ4n) is 5.33. The van der Waals surface area contributed by atoms with Gasteiger partial charge in [-0.25, -0.2) is 4.79 Å². The maximum absolute atomic E-state index is 13.6. The van der Waals surface area contributed by atoms with E-state index in [1.54, 1.807) is 31.2 Å². The summed E-state index contributed by atoms with van der Waals surface area (Å²) in [6, 6.07) is 6.97. The molecule has 0 radical (unpaired) electrons. The van der Waals surface area contributed by atoms with Gasteiger partial charge in [-0.05, 0) is 43.7 Å². The zero-order valence-corrected chi connectivity index (χ0v) is 19.7. The Hall–Kier alpha value is -3.19. The third-order valence-electron chi connectivity index (χ3n) is 6.90. The van der Waals surface area contributed by atoms with Crippen LogP contribution in [0, 0.1) is 5.41 Å². The minimum atomic E-state index is -0.849. The molecule has 1 N–H and O–H groups in total. The second-order valence-corrected chi connectivity index (χ2v) is 10.2. The highest BCUT2D eigenvalue weighted by molar-refractivity contribution is 6.04. The van der Waals surface area contributed by atoms with Gasteiger partial charge in [0, 0.05) is 35.6 Å². The predicted molar refractivity (Wildman–Crippen MR) is 126 cm³/mol. The van der Waals surface area contributed by atoms with Gasteiger partial charge in [-0.2, -0.15) is 0 Å². The molecule has 0 bridgehead atoms. The first kappa shape index (κ1) is 22.6. The molecule has 0 amide bonds. The lowest BCUT2D eigenvalue weighted by Gasteiger charge is -2.39. The highest BCUT2D eigenvalue weighted by Gasteiger charge is 2.44. The van der Waals surface area contributed by atoms with E-state index in [4.69, 9.17) is 13.9 Å². The van der Waals surface area contributed by atoms with Crippen molar-refractivity contribution in [3.8, 4) is 0 Å². The number of ether oxygens (including phenoxy) is 2. The molecule has 1 aromatic carbocycles. The van der Waals surface area contributed by atoms with Crippen molar-refractivity contribution >= 4 is 22.7 Å². The van der Waals surface area contributed by atoms with Gasteiger partial charge in [-0.3, -0.25) is 9.59 Å². The van der Waals surface area contributed by atoms with Crippen LogP contribution in [0.3, 0.4) is 0 Å². The third-order valence-corrected chi connectivity index (χ3v) is 6.90. The third kappa shape index (κ3) is 3.98. The fourth-order valence-corrected chi connectivity index (χ4v) is 5.33. The molecule has 2 aromatic rings. The molecule has 7 nitrogen and oxygen atoms in total. The maximum Gasteiger partial charge on any atom is 0.336 e. The van der Waals surface area contributed by atoms with Crippen molar-refractivity contribution in [1.82, 2.24) is 5.32 Å². The number of carbonyl (C=O) groups is 2. The van der Waals surface area contributed by atoms with Crippen LogP contribution in [0.15, 0.2) is 62.3 Å². The lowest BCUT2D eigenvalue weighted by atomic mass is 9.68. The number of esters is 1. The molecule has 5 rings (SSSR count). The molecular formula is C27H29NO6. The molecular weight excluding hydrogens is 434 g/mol. The van der Waals surface area contributed by atoms with Crippen LogP contribution in [0.5, 0.6) is 0 Å². The van der Waals surface area contributed by atoms with E-state index < -0.39 is 11.9 Å². The van der Waals surface area contributed by atoms with E-state index in [2.05, 4.69) is 5.32 Å². The molecule has 0 unspecified atom stereocenters. The molecule has 1 aliphatic carbocycles. The number of rotatable bonds is 4. The van der Waals surface area contributed by atoms with Crippen LogP contribution in [0.2, 0.25) is 0 Å². The number of carbonyl (C=O) groups excluding carboxylic acids is 2. The Labute approximate surface area is 197 Å². The topological polar surface area (TPSA) is 94.8 Å². The molecule has 178 valence electrons. The molecule has 3 aliphatic rings. The van der Waals surface area contributed by atoms with Crippen LogP contribution < -0.4 is 10.7 Å². The minimum Gasteiger partial charge on any atom is -0.464 e. The highest BCUT2D eigenvalue weighted by Crippen LogP contribution is 2.46. The Kier molecular flexibility index (Phi) is 5.68. The number of ketones is 1. The van der Waals surface area contributed by atoms with Gasteiger partial charge < -0.3 is 19.2 Å². The number of nitrogens with one attached hydrogen (secondary N) is 1. The standard InChI is InChI=1S/C27H29NO6/c1-15-22(26(31)34-13-16-7-6-10-32-16)23(24-19(28-15)11-27(2,3)12-20(24)29)18-14-33-21-9-5-4-8-17(21)25(18)30/h4-5,8-9,14,16,23,28H,6-7,10-13H2,1-3H3/t16-,23-/m1/s1. The summed E-state index contributed by atoms with van der Waals surface area (Å²) < 4.78 is 17.0. The van der Waals surface area contributed by atoms with Gasteiger partial charge in [0.25, 0.3) is 0 Å². The normalized spacial score (nSPS) is 24.3. The summed E-state index contributed by atoms with van der Waals surface area (Å²) in [4.78, 5) is 40.4. The summed E-state index contributed by atoms with van der Waals surface area (Å²) in [5, 5.41) is 3.70. The van der Waals surface area contributed by atoms with E-state index in [1.165, 1.54) is 6.26 Å². The Morgan fingerprint density at radius 3 is 2.76 bits per heavy atom. The Morgan fingerprint density at radius 1 is 1.21 bits per heavy atom. The van der Waals surface area contributed by atoms with Gasteiger partial charge in [-0.1, -0.05) is 26.0 Å². The fraction of sp³-hybridized carbons (Fsp3) is 0.444. The molecule has 2 aliphatic heterocycles. The molecule has 2 atom stereocenters.